The highest BCUT2D eigenvalue weighted by atomic mass is 16.5. The van der Waals surface area contributed by atoms with Crippen LogP contribution in [0.3, 0.4) is 0 Å². The lowest BCUT2D eigenvalue weighted by molar-refractivity contribution is 0.304. The number of hydrogen-bond donors (Lipinski definition) is 1. The fourth-order valence-electron chi connectivity index (χ4n) is 1.69. The van der Waals surface area contributed by atoms with E-state index in [0.29, 0.717) is 6.61 Å². The molecule has 0 amide bonds. The first-order valence-corrected chi connectivity index (χ1v) is 5.91. The number of ether oxygens (including phenoxy) is 1. The van der Waals surface area contributed by atoms with E-state index in [4.69, 9.17) is 10.5 Å². The molecule has 0 aliphatic rings. The van der Waals surface area contributed by atoms with Gasteiger partial charge in [-0.1, -0.05) is 18.2 Å². The predicted molar refractivity (Wildman–Crippen MR) is 70.2 cm³/mol. The van der Waals surface area contributed by atoms with Crippen LogP contribution in [0.1, 0.15) is 19.0 Å². The fraction of sp³-hybridized carbons (Fsp3) is 0.357. The van der Waals surface area contributed by atoms with Crippen molar-refractivity contribution >= 4 is 10.9 Å². The smallest absolute Gasteiger partial charge is 0.145 e. The molecule has 2 N–H and O–H groups in total. The zero-order valence-electron chi connectivity index (χ0n) is 10.3. The Hall–Kier alpha value is -1.61. The molecule has 0 saturated carbocycles. The third-order valence-corrected chi connectivity index (χ3v) is 2.65. The molecule has 0 fully saturated rings. The zero-order chi connectivity index (χ0) is 12.3. The molecule has 1 atom stereocenters. The Morgan fingerprint density at radius 2 is 2.12 bits per heavy atom. The van der Waals surface area contributed by atoms with Crippen molar-refractivity contribution in [1.29, 1.82) is 0 Å². The van der Waals surface area contributed by atoms with Gasteiger partial charge in [0.1, 0.15) is 11.3 Å². The van der Waals surface area contributed by atoms with Gasteiger partial charge in [-0.15, -0.1) is 0 Å². The summed E-state index contributed by atoms with van der Waals surface area (Å²) in [4.78, 5) is 4.52. The first kappa shape index (κ1) is 11.9. The second-order valence-corrected chi connectivity index (χ2v) is 4.39. The molecule has 17 heavy (non-hydrogen) atoms. The predicted octanol–water partition coefficient (Wildman–Crippen LogP) is 2.66. The van der Waals surface area contributed by atoms with Crippen LogP contribution in [0, 0.1) is 6.92 Å². The van der Waals surface area contributed by atoms with E-state index in [1.165, 1.54) is 0 Å². The van der Waals surface area contributed by atoms with Crippen LogP contribution >= 0.6 is 0 Å². The number of aromatic nitrogens is 1. The maximum absolute atomic E-state index is 5.74. The summed E-state index contributed by atoms with van der Waals surface area (Å²) in [5.41, 5.74) is 7.63. The monoisotopic (exact) mass is 230 g/mol. The maximum Gasteiger partial charge on any atom is 0.145 e. The van der Waals surface area contributed by atoms with Crippen molar-refractivity contribution in [1.82, 2.24) is 4.98 Å². The summed E-state index contributed by atoms with van der Waals surface area (Å²) in [6, 6.07) is 10.2. The largest absolute Gasteiger partial charge is 0.491 e. The Kier molecular flexibility index (Phi) is 3.59. The Morgan fingerprint density at radius 1 is 1.29 bits per heavy atom. The zero-order valence-corrected chi connectivity index (χ0v) is 10.3. The molecule has 3 nitrogen and oxygen atoms in total. The van der Waals surface area contributed by atoms with Gasteiger partial charge in [0.15, 0.2) is 0 Å². The summed E-state index contributed by atoms with van der Waals surface area (Å²) >= 11 is 0. The topological polar surface area (TPSA) is 48.1 Å². The second-order valence-electron chi connectivity index (χ2n) is 4.39. The molecule has 0 aliphatic heterocycles. The van der Waals surface area contributed by atoms with Crippen LogP contribution < -0.4 is 10.5 Å². The lowest BCUT2D eigenvalue weighted by Crippen LogP contribution is -2.18. The number of pyridine rings is 1. The standard InChI is InChI=1S/C14H18N2O/c1-10(15)8-9-17-13-5-3-4-12-7-6-11(2)16-14(12)13/h3-7,10H,8-9,15H2,1-2H3. The fourth-order valence-corrected chi connectivity index (χ4v) is 1.69. The van der Waals surface area contributed by atoms with Gasteiger partial charge in [0.05, 0.1) is 6.61 Å². The Labute approximate surface area is 102 Å². The summed E-state index contributed by atoms with van der Waals surface area (Å²) in [7, 11) is 0. The summed E-state index contributed by atoms with van der Waals surface area (Å²) in [5, 5.41) is 1.11. The number of hydrogen-bond acceptors (Lipinski definition) is 3. The average molecular weight is 230 g/mol. The van der Waals surface area contributed by atoms with Crippen molar-refractivity contribution in [3.8, 4) is 5.75 Å². The van der Waals surface area contributed by atoms with E-state index in [1.807, 2.05) is 38.1 Å². The first-order chi connectivity index (χ1) is 8.16. The average Bonchev–Trinajstić information content (AvgIpc) is 2.29. The van der Waals surface area contributed by atoms with Crippen molar-refractivity contribution in [2.24, 2.45) is 5.73 Å². The molecule has 0 bridgehead atoms. The molecule has 1 heterocycles. The molecule has 0 saturated heterocycles. The van der Waals surface area contributed by atoms with Gasteiger partial charge in [0.25, 0.3) is 0 Å². The van der Waals surface area contributed by atoms with E-state index in [0.717, 1.165) is 28.8 Å². The number of nitrogens with zero attached hydrogens (tertiary/aromatic N) is 1. The minimum atomic E-state index is 0.166. The molecule has 1 aromatic heterocycles. The Morgan fingerprint density at radius 3 is 2.88 bits per heavy atom. The van der Waals surface area contributed by atoms with Crippen LogP contribution in [0.4, 0.5) is 0 Å². The van der Waals surface area contributed by atoms with Gasteiger partial charge in [-0.2, -0.15) is 0 Å². The summed E-state index contributed by atoms with van der Waals surface area (Å²) in [5.74, 6) is 0.840. The number of benzene rings is 1. The number of rotatable bonds is 4. The van der Waals surface area contributed by atoms with Gasteiger partial charge >= 0.3 is 0 Å². The lowest BCUT2D eigenvalue weighted by atomic mass is 10.2. The minimum Gasteiger partial charge on any atom is -0.491 e. The highest BCUT2D eigenvalue weighted by molar-refractivity contribution is 5.84. The van der Waals surface area contributed by atoms with Crippen molar-refractivity contribution in [2.45, 2.75) is 26.3 Å². The van der Waals surface area contributed by atoms with E-state index in [2.05, 4.69) is 11.1 Å². The summed E-state index contributed by atoms with van der Waals surface area (Å²) in [6.45, 7) is 4.60. The molecule has 1 unspecified atom stereocenters. The van der Waals surface area contributed by atoms with E-state index in [1.54, 1.807) is 0 Å². The van der Waals surface area contributed by atoms with Crippen LogP contribution in [0.5, 0.6) is 5.75 Å². The van der Waals surface area contributed by atoms with Crippen LogP contribution in [0.15, 0.2) is 30.3 Å². The molecule has 2 rings (SSSR count). The third kappa shape index (κ3) is 2.94. The molecule has 0 aliphatic carbocycles. The molecule has 0 radical (unpaired) electrons. The van der Waals surface area contributed by atoms with Crippen molar-refractivity contribution < 1.29 is 4.74 Å². The maximum atomic E-state index is 5.74. The van der Waals surface area contributed by atoms with Gasteiger partial charge in [0.2, 0.25) is 0 Å². The van der Waals surface area contributed by atoms with Gasteiger partial charge in [-0.05, 0) is 32.4 Å². The lowest BCUT2D eigenvalue weighted by Gasteiger charge is -2.10. The number of para-hydroxylation sites is 1. The molecule has 1 aromatic carbocycles. The number of fused-ring (bicyclic) bond motifs is 1. The van der Waals surface area contributed by atoms with Crippen LogP contribution in [-0.4, -0.2) is 17.6 Å². The van der Waals surface area contributed by atoms with Crippen LogP contribution in [-0.2, 0) is 0 Å². The first-order valence-electron chi connectivity index (χ1n) is 5.91. The SMILES string of the molecule is Cc1ccc2cccc(OCCC(C)N)c2n1. The summed E-state index contributed by atoms with van der Waals surface area (Å²) in [6.07, 6.45) is 0.849. The van der Waals surface area contributed by atoms with Gasteiger partial charge < -0.3 is 10.5 Å². The van der Waals surface area contributed by atoms with E-state index >= 15 is 0 Å². The van der Waals surface area contributed by atoms with Crippen LogP contribution in [0.2, 0.25) is 0 Å². The van der Waals surface area contributed by atoms with E-state index in [9.17, 15) is 0 Å². The molecule has 0 spiro atoms. The molecule has 2 aromatic rings. The molecular weight excluding hydrogens is 212 g/mol. The third-order valence-electron chi connectivity index (χ3n) is 2.65. The number of nitrogens with two attached hydrogens (primary N) is 1. The van der Waals surface area contributed by atoms with Crippen LogP contribution in [0.25, 0.3) is 10.9 Å². The molecule has 90 valence electrons. The van der Waals surface area contributed by atoms with E-state index in [-0.39, 0.29) is 6.04 Å². The highest BCUT2D eigenvalue weighted by Crippen LogP contribution is 2.23. The normalized spacial score (nSPS) is 12.6. The van der Waals surface area contributed by atoms with Crippen molar-refractivity contribution in [2.75, 3.05) is 6.61 Å². The number of aryl methyl sites for hydroxylation is 1. The molecular formula is C14H18N2O. The molecule has 3 heteroatoms. The summed E-state index contributed by atoms with van der Waals surface area (Å²) < 4.78 is 5.74. The Bertz CT molecular complexity index is 509. The van der Waals surface area contributed by atoms with Gasteiger partial charge in [0, 0.05) is 17.1 Å². The van der Waals surface area contributed by atoms with Crippen molar-refractivity contribution in [3.05, 3.63) is 36.0 Å². The Balaban J connectivity index is 2.24. The van der Waals surface area contributed by atoms with Gasteiger partial charge in [-0.25, -0.2) is 4.98 Å². The quantitative estimate of drug-likeness (QED) is 0.878. The second kappa shape index (κ2) is 5.15. The van der Waals surface area contributed by atoms with E-state index < -0.39 is 0 Å². The van der Waals surface area contributed by atoms with Gasteiger partial charge in [-0.3, -0.25) is 0 Å². The minimum absolute atomic E-state index is 0.166. The van der Waals surface area contributed by atoms with Crippen molar-refractivity contribution in [3.63, 3.8) is 0 Å². The highest BCUT2D eigenvalue weighted by Gasteiger charge is 2.04.